The molecular formula is C15H9F3N2O4. The van der Waals surface area contributed by atoms with Crippen molar-refractivity contribution >= 4 is 17.6 Å². The number of hydrogen-bond acceptors (Lipinski definition) is 5. The lowest BCUT2D eigenvalue weighted by Gasteiger charge is -2.09. The maximum absolute atomic E-state index is 12.9. The molecule has 9 heteroatoms. The van der Waals surface area contributed by atoms with E-state index in [4.69, 9.17) is 9.47 Å². The van der Waals surface area contributed by atoms with E-state index in [0.717, 1.165) is 18.3 Å². The van der Waals surface area contributed by atoms with Crippen LogP contribution in [0.4, 0.5) is 24.5 Å². The van der Waals surface area contributed by atoms with Gasteiger partial charge in [0.1, 0.15) is 0 Å². The number of hydrogen-bond donors (Lipinski definition) is 0. The zero-order valence-electron chi connectivity index (χ0n) is 11.9. The lowest BCUT2D eigenvalue weighted by Crippen LogP contribution is -2.04. The first-order valence-corrected chi connectivity index (χ1v) is 6.64. The Morgan fingerprint density at radius 3 is 2.50 bits per heavy atom. The van der Waals surface area contributed by atoms with E-state index in [9.17, 15) is 23.3 Å². The van der Waals surface area contributed by atoms with Crippen LogP contribution in [-0.2, 0) is 6.18 Å². The van der Waals surface area contributed by atoms with Gasteiger partial charge in [-0.1, -0.05) is 12.1 Å². The number of rotatable bonds is 3. The molecule has 0 aliphatic carbocycles. The molecule has 0 fully saturated rings. The Labute approximate surface area is 133 Å². The molecule has 0 aromatic heterocycles. The summed E-state index contributed by atoms with van der Waals surface area (Å²) in [6.07, 6.45) is -3.57. The van der Waals surface area contributed by atoms with Gasteiger partial charge in [-0.2, -0.15) is 13.2 Å². The lowest BCUT2D eigenvalue weighted by atomic mass is 10.1. The fourth-order valence-corrected chi connectivity index (χ4v) is 2.17. The van der Waals surface area contributed by atoms with Crippen LogP contribution in [0.25, 0.3) is 0 Å². The van der Waals surface area contributed by atoms with Gasteiger partial charge in [-0.05, 0) is 18.2 Å². The number of nitro groups is 1. The third-order valence-electron chi connectivity index (χ3n) is 3.27. The monoisotopic (exact) mass is 338 g/mol. The second-order valence-electron chi connectivity index (χ2n) is 4.79. The first-order valence-electron chi connectivity index (χ1n) is 6.64. The molecule has 0 spiro atoms. The summed E-state index contributed by atoms with van der Waals surface area (Å²) in [4.78, 5) is 14.2. The van der Waals surface area contributed by atoms with Gasteiger partial charge in [0.15, 0.2) is 11.5 Å². The van der Waals surface area contributed by atoms with Gasteiger partial charge in [0.05, 0.1) is 27.8 Å². The molecule has 0 bridgehead atoms. The van der Waals surface area contributed by atoms with Crippen molar-refractivity contribution in [1.29, 1.82) is 0 Å². The summed E-state index contributed by atoms with van der Waals surface area (Å²) in [5, 5.41) is 11.1. The highest BCUT2D eigenvalue weighted by Gasteiger charge is 2.33. The molecule has 2 aromatic rings. The van der Waals surface area contributed by atoms with Gasteiger partial charge in [-0.15, -0.1) is 0 Å². The highest BCUT2D eigenvalue weighted by molar-refractivity contribution is 5.89. The van der Waals surface area contributed by atoms with E-state index in [1.165, 1.54) is 24.3 Å². The van der Waals surface area contributed by atoms with Crippen molar-refractivity contribution in [2.45, 2.75) is 6.18 Å². The fourth-order valence-electron chi connectivity index (χ4n) is 2.17. The van der Waals surface area contributed by atoms with E-state index in [2.05, 4.69) is 4.99 Å². The first kappa shape index (κ1) is 15.8. The maximum atomic E-state index is 12.9. The number of nitro benzene ring substituents is 1. The van der Waals surface area contributed by atoms with Crippen molar-refractivity contribution in [2.75, 3.05) is 6.79 Å². The minimum atomic E-state index is -4.57. The summed E-state index contributed by atoms with van der Waals surface area (Å²) in [5.41, 5.74) is -1.59. The molecule has 0 N–H and O–H groups in total. The molecule has 0 saturated heterocycles. The second kappa shape index (κ2) is 5.84. The van der Waals surface area contributed by atoms with Crippen LogP contribution in [0.2, 0.25) is 0 Å². The third-order valence-corrected chi connectivity index (χ3v) is 3.27. The van der Waals surface area contributed by atoms with E-state index >= 15 is 0 Å². The zero-order chi connectivity index (χ0) is 17.3. The number of alkyl halides is 3. The number of fused-ring (bicyclic) bond motifs is 1. The van der Waals surface area contributed by atoms with Gasteiger partial charge >= 0.3 is 6.18 Å². The van der Waals surface area contributed by atoms with Gasteiger partial charge in [0.25, 0.3) is 5.69 Å². The Hall–Kier alpha value is -3.10. The first-order chi connectivity index (χ1) is 11.4. The summed E-state index contributed by atoms with van der Waals surface area (Å²) in [5.74, 6) is 0.473. The molecule has 0 unspecified atom stereocenters. The maximum Gasteiger partial charge on any atom is 0.418 e. The molecule has 6 nitrogen and oxygen atoms in total. The Morgan fingerprint density at radius 2 is 1.83 bits per heavy atom. The van der Waals surface area contributed by atoms with Crippen molar-refractivity contribution in [1.82, 2.24) is 0 Å². The average Bonchev–Trinajstić information content (AvgIpc) is 2.98. The van der Waals surface area contributed by atoms with Gasteiger partial charge in [-0.25, -0.2) is 0 Å². The molecule has 0 radical (unpaired) electrons. The average molecular weight is 338 g/mol. The van der Waals surface area contributed by atoms with Gasteiger partial charge in [0.2, 0.25) is 6.79 Å². The zero-order valence-corrected chi connectivity index (χ0v) is 11.9. The number of benzene rings is 2. The van der Waals surface area contributed by atoms with Crippen molar-refractivity contribution in [3.8, 4) is 11.5 Å². The summed E-state index contributed by atoms with van der Waals surface area (Å²) in [6.45, 7) is -0.0794. The largest absolute Gasteiger partial charge is 0.454 e. The molecule has 0 saturated carbocycles. The van der Waals surface area contributed by atoms with Crippen LogP contribution in [0.1, 0.15) is 11.1 Å². The highest BCUT2D eigenvalue weighted by atomic mass is 19.4. The smallest absolute Gasteiger partial charge is 0.418 e. The normalized spacial score (nSPS) is 13.5. The van der Waals surface area contributed by atoms with Crippen molar-refractivity contribution in [3.05, 3.63) is 57.6 Å². The van der Waals surface area contributed by atoms with E-state index in [-0.39, 0.29) is 35.2 Å². The molecule has 1 heterocycles. The van der Waals surface area contributed by atoms with Gasteiger partial charge in [0, 0.05) is 6.21 Å². The van der Waals surface area contributed by atoms with E-state index < -0.39 is 16.7 Å². The molecule has 1 aliphatic heterocycles. The van der Waals surface area contributed by atoms with Crippen LogP contribution in [0.5, 0.6) is 11.5 Å². The predicted molar refractivity (Wildman–Crippen MR) is 77.9 cm³/mol. The van der Waals surface area contributed by atoms with Crippen molar-refractivity contribution in [2.24, 2.45) is 4.99 Å². The Kier molecular flexibility index (Phi) is 3.84. The van der Waals surface area contributed by atoms with Crippen LogP contribution in [0.15, 0.2) is 41.4 Å². The van der Waals surface area contributed by atoms with Crippen molar-refractivity contribution in [3.63, 3.8) is 0 Å². The number of halogens is 3. The Bertz CT molecular complexity index is 834. The van der Waals surface area contributed by atoms with E-state index in [1.54, 1.807) is 0 Å². The summed E-state index contributed by atoms with van der Waals surface area (Å²) < 4.78 is 49.0. The number of ether oxygens (including phenoxy) is 2. The van der Waals surface area contributed by atoms with Crippen LogP contribution < -0.4 is 9.47 Å². The molecular weight excluding hydrogens is 329 g/mol. The van der Waals surface area contributed by atoms with Crippen LogP contribution in [-0.4, -0.2) is 17.9 Å². The molecule has 24 heavy (non-hydrogen) atoms. The second-order valence-corrected chi connectivity index (χ2v) is 4.79. The Morgan fingerprint density at radius 1 is 1.17 bits per heavy atom. The molecule has 3 rings (SSSR count). The quantitative estimate of drug-likeness (QED) is 0.480. The molecule has 124 valence electrons. The lowest BCUT2D eigenvalue weighted by molar-refractivity contribution is -0.385. The SMILES string of the molecule is O=[N+]([O-])c1cc2c(cc1C=Nc1ccccc1C(F)(F)F)OCO2. The molecule has 0 atom stereocenters. The minimum absolute atomic E-state index is 0.0150. The van der Waals surface area contributed by atoms with Crippen LogP contribution >= 0.6 is 0 Å². The Balaban J connectivity index is 2.03. The summed E-state index contributed by atoms with van der Waals surface area (Å²) >= 11 is 0. The fraction of sp³-hybridized carbons (Fsp3) is 0.133. The van der Waals surface area contributed by atoms with Crippen molar-refractivity contribution < 1.29 is 27.6 Å². The molecule has 1 aliphatic rings. The highest BCUT2D eigenvalue weighted by Crippen LogP contribution is 2.38. The summed E-state index contributed by atoms with van der Waals surface area (Å²) in [6, 6.07) is 7.17. The topological polar surface area (TPSA) is 74.0 Å². The van der Waals surface area contributed by atoms with Gasteiger partial charge < -0.3 is 9.47 Å². The van der Waals surface area contributed by atoms with Crippen LogP contribution in [0, 0.1) is 10.1 Å². The van der Waals surface area contributed by atoms with E-state index in [1.807, 2.05) is 0 Å². The van der Waals surface area contributed by atoms with Gasteiger partial charge in [-0.3, -0.25) is 15.1 Å². The number of nitrogens with zero attached hydrogens (tertiary/aromatic N) is 2. The standard InChI is InChI=1S/C15H9F3N2O4/c16-15(17,18)10-3-1-2-4-11(10)19-7-9-5-13-14(24-8-23-13)6-12(9)20(21)22/h1-7H,8H2. The number of aliphatic imine (C=N–C) groups is 1. The molecule has 0 amide bonds. The number of para-hydroxylation sites is 1. The predicted octanol–water partition coefficient (Wildman–Crippen LogP) is 4.09. The third kappa shape index (κ3) is 3.00. The van der Waals surface area contributed by atoms with E-state index in [0.29, 0.717) is 0 Å². The summed E-state index contributed by atoms with van der Waals surface area (Å²) in [7, 11) is 0. The van der Waals surface area contributed by atoms with Crippen LogP contribution in [0.3, 0.4) is 0 Å². The molecule has 2 aromatic carbocycles. The minimum Gasteiger partial charge on any atom is -0.454 e.